The molecule has 0 aliphatic heterocycles. The summed E-state index contributed by atoms with van der Waals surface area (Å²) in [4.78, 5) is 23.4. The number of carbonyl (C=O) groups is 2. The van der Waals surface area contributed by atoms with E-state index in [9.17, 15) is 14.7 Å². The lowest BCUT2D eigenvalue weighted by Crippen LogP contribution is -2.40. The zero-order valence-corrected chi connectivity index (χ0v) is 12.3. The Morgan fingerprint density at radius 3 is 2.20 bits per heavy atom. The first-order chi connectivity index (χ1) is 9.38. The molecule has 5 heteroatoms. The van der Waals surface area contributed by atoms with Gasteiger partial charge in [0.05, 0.1) is 0 Å². The van der Waals surface area contributed by atoms with Gasteiger partial charge in [-0.1, -0.05) is 36.2 Å². The van der Waals surface area contributed by atoms with E-state index in [2.05, 4.69) is 5.32 Å². The Kier molecular flexibility index (Phi) is 5.70. The van der Waals surface area contributed by atoms with E-state index in [-0.39, 0.29) is 0 Å². The van der Waals surface area contributed by atoms with Crippen molar-refractivity contribution in [3.05, 3.63) is 34.9 Å². The molecule has 1 aromatic carbocycles. The first kappa shape index (κ1) is 16.2. The second kappa shape index (κ2) is 7.05. The van der Waals surface area contributed by atoms with Crippen LogP contribution in [0.1, 0.15) is 36.1 Å². The van der Waals surface area contributed by atoms with Crippen molar-refractivity contribution in [1.29, 1.82) is 0 Å². The van der Waals surface area contributed by atoms with Gasteiger partial charge >= 0.3 is 5.97 Å². The van der Waals surface area contributed by atoms with Crippen molar-refractivity contribution in [2.45, 2.75) is 39.3 Å². The van der Waals surface area contributed by atoms with Crippen LogP contribution >= 0.6 is 0 Å². The monoisotopic (exact) mass is 279 g/mol. The molecule has 1 aromatic rings. The Hall–Kier alpha value is -1.88. The third kappa shape index (κ3) is 4.06. The molecule has 0 radical (unpaired) electrons. The average molecular weight is 279 g/mol. The molecule has 0 saturated carbocycles. The van der Waals surface area contributed by atoms with Crippen molar-refractivity contribution in [2.24, 2.45) is 0 Å². The third-order valence-corrected chi connectivity index (χ3v) is 3.06. The van der Waals surface area contributed by atoms with Gasteiger partial charge in [-0.2, -0.15) is 0 Å². The van der Waals surface area contributed by atoms with E-state index in [0.717, 1.165) is 11.1 Å². The van der Waals surface area contributed by atoms with Crippen molar-refractivity contribution >= 4 is 11.9 Å². The fraction of sp³-hybridized carbons (Fsp3) is 0.467. The number of hydrogen-bond acceptors (Lipinski definition) is 3. The number of amides is 1. The number of methoxy groups -OCH3 is 1. The highest BCUT2D eigenvalue weighted by atomic mass is 16.5. The van der Waals surface area contributed by atoms with Gasteiger partial charge in [-0.05, 0) is 25.8 Å². The lowest BCUT2D eigenvalue weighted by molar-refractivity contribution is -0.144. The molecule has 1 amide bonds. The fourth-order valence-electron chi connectivity index (χ4n) is 2.16. The summed E-state index contributed by atoms with van der Waals surface area (Å²) in [5.41, 5.74) is 2.48. The number of aryl methyl sites for hydroxylation is 2. The molecule has 2 atom stereocenters. The largest absolute Gasteiger partial charge is 0.479 e. The fourth-order valence-corrected chi connectivity index (χ4v) is 2.16. The van der Waals surface area contributed by atoms with Crippen molar-refractivity contribution in [1.82, 2.24) is 5.32 Å². The summed E-state index contributed by atoms with van der Waals surface area (Å²) in [6, 6.07) is 4.42. The van der Waals surface area contributed by atoms with Crippen molar-refractivity contribution in [2.75, 3.05) is 7.11 Å². The van der Waals surface area contributed by atoms with Crippen LogP contribution in [-0.4, -0.2) is 30.2 Å². The van der Waals surface area contributed by atoms with Gasteiger partial charge < -0.3 is 15.2 Å². The maximum absolute atomic E-state index is 12.0. The maximum Gasteiger partial charge on any atom is 0.330 e. The normalized spacial score (nSPS) is 13.6. The highest BCUT2D eigenvalue weighted by Crippen LogP contribution is 2.18. The molecule has 0 fully saturated rings. The van der Waals surface area contributed by atoms with Gasteiger partial charge in [0, 0.05) is 7.11 Å². The molecule has 0 saturated heterocycles. The van der Waals surface area contributed by atoms with Crippen LogP contribution in [0.3, 0.4) is 0 Å². The molecule has 20 heavy (non-hydrogen) atoms. The molecule has 0 aliphatic carbocycles. The highest BCUT2D eigenvalue weighted by molar-refractivity contribution is 5.87. The first-order valence-electron chi connectivity index (χ1n) is 6.53. The zero-order valence-electron chi connectivity index (χ0n) is 12.3. The first-order valence-corrected chi connectivity index (χ1v) is 6.53. The minimum Gasteiger partial charge on any atom is -0.479 e. The van der Waals surface area contributed by atoms with Crippen LogP contribution in [0.2, 0.25) is 0 Å². The van der Waals surface area contributed by atoms with E-state index >= 15 is 0 Å². The number of benzene rings is 1. The minimum atomic E-state index is -1.09. The van der Waals surface area contributed by atoms with E-state index in [4.69, 9.17) is 4.74 Å². The molecular formula is C15H21NO4. The number of carboxylic acid groups (broad SMARTS) is 1. The number of ether oxygens (including phenoxy) is 1. The molecule has 0 heterocycles. The van der Waals surface area contributed by atoms with Gasteiger partial charge in [-0.3, -0.25) is 4.79 Å². The summed E-state index contributed by atoms with van der Waals surface area (Å²) < 4.78 is 5.02. The third-order valence-electron chi connectivity index (χ3n) is 3.06. The number of carbonyl (C=O) groups excluding carboxylic acids is 1. The van der Waals surface area contributed by atoms with Crippen molar-refractivity contribution in [3.63, 3.8) is 0 Å². The molecule has 0 spiro atoms. The second-order valence-electron chi connectivity index (χ2n) is 4.83. The number of carboxylic acids is 1. The van der Waals surface area contributed by atoms with E-state index in [1.54, 1.807) is 19.1 Å². The van der Waals surface area contributed by atoms with E-state index < -0.39 is 24.0 Å². The summed E-state index contributed by atoms with van der Waals surface area (Å²) in [5, 5.41) is 11.9. The zero-order chi connectivity index (χ0) is 15.3. The molecule has 2 unspecified atom stereocenters. The summed E-state index contributed by atoms with van der Waals surface area (Å²) >= 11 is 0. The standard InChI is InChI=1S/C15H21NO4/c1-5-12(20-4)14(17)16-13(15(18)19)11-7-9(2)6-10(3)8-11/h6-8,12-13H,5H2,1-4H3,(H,16,17)(H,18,19). The lowest BCUT2D eigenvalue weighted by Gasteiger charge is -2.19. The average Bonchev–Trinajstić information content (AvgIpc) is 2.35. The SMILES string of the molecule is CCC(OC)C(=O)NC(C(=O)O)c1cc(C)cc(C)c1. The molecule has 0 bridgehead atoms. The van der Waals surface area contributed by atoms with Crippen LogP contribution in [0.4, 0.5) is 0 Å². The van der Waals surface area contributed by atoms with Gasteiger partial charge in [-0.15, -0.1) is 0 Å². The van der Waals surface area contributed by atoms with Crippen LogP contribution in [0.25, 0.3) is 0 Å². The van der Waals surface area contributed by atoms with Crippen LogP contribution in [-0.2, 0) is 14.3 Å². The minimum absolute atomic E-state index is 0.415. The van der Waals surface area contributed by atoms with E-state index in [1.807, 2.05) is 19.9 Å². The maximum atomic E-state index is 12.0. The number of rotatable bonds is 6. The number of hydrogen-bond donors (Lipinski definition) is 2. The predicted molar refractivity (Wildman–Crippen MR) is 75.5 cm³/mol. The summed E-state index contributed by atoms with van der Waals surface area (Å²) in [7, 11) is 1.43. The van der Waals surface area contributed by atoms with E-state index in [1.165, 1.54) is 7.11 Å². The van der Waals surface area contributed by atoms with Gasteiger partial charge in [0.25, 0.3) is 0 Å². The summed E-state index contributed by atoms with van der Waals surface area (Å²) in [6.07, 6.45) is -0.149. The van der Waals surface area contributed by atoms with Crippen LogP contribution in [0, 0.1) is 13.8 Å². The Morgan fingerprint density at radius 1 is 1.25 bits per heavy atom. The van der Waals surface area contributed by atoms with Crippen LogP contribution in [0.15, 0.2) is 18.2 Å². The van der Waals surface area contributed by atoms with Crippen molar-refractivity contribution < 1.29 is 19.4 Å². The van der Waals surface area contributed by atoms with Crippen molar-refractivity contribution in [3.8, 4) is 0 Å². The Bertz CT molecular complexity index is 474. The number of nitrogens with one attached hydrogen (secondary N) is 1. The summed E-state index contributed by atoms with van der Waals surface area (Å²) in [6.45, 7) is 5.59. The number of aliphatic carboxylic acids is 1. The summed E-state index contributed by atoms with van der Waals surface area (Å²) in [5.74, 6) is -1.50. The van der Waals surface area contributed by atoms with E-state index in [0.29, 0.717) is 12.0 Å². The topological polar surface area (TPSA) is 75.6 Å². The molecule has 2 N–H and O–H groups in total. The van der Waals surface area contributed by atoms with Crippen LogP contribution in [0.5, 0.6) is 0 Å². The van der Waals surface area contributed by atoms with Gasteiger partial charge in [-0.25, -0.2) is 4.79 Å². The molecule has 0 aliphatic rings. The molecular weight excluding hydrogens is 258 g/mol. The second-order valence-corrected chi connectivity index (χ2v) is 4.83. The van der Waals surface area contributed by atoms with Gasteiger partial charge in [0.1, 0.15) is 6.10 Å². The molecule has 0 aromatic heterocycles. The lowest BCUT2D eigenvalue weighted by atomic mass is 10.0. The Labute approximate surface area is 118 Å². The van der Waals surface area contributed by atoms with Gasteiger partial charge in [0.2, 0.25) is 5.91 Å². The molecule has 110 valence electrons. The van der Waals surface area contributed by atoms with Crippen LogP contribution < -0.4 is 5.32 Å². The Balaban J connectivity index is 3.00. The Morgan fingerprint density at radius 2 is 1.80 bits per heavy atom. The quantitative estimate of drug-likeness (QED) is 0.834. The molecule has 1 rings (SSSR count). The predicted octanol–water partition coefficient (Wildman–Crippen LogP) is 1.97. The van der Waals surface area contributed by atoms with Gasteiger partial charge in [0.15, 0.2) is 6.04 Å². The highest BCUT2D eigenvalue weighted by Gasteiger charge is 2.25. The molecule has 5 nitrogen and oxygen atoms in total. The smallest absolute Gasteiger partial charge is 0.330 e.